The van der Waals surface area contributed by atoms with E-state index >= 15 is 0 Å². The fourth-order valence-corrected chi connectivity index (χ4v) is 1.81. The molecule has 0 saturated carbocycles. The van der Waals surface area contributed by atoms with Gasteiger partial charge in [0.05, 0.1) is 19.8 Å². The van der Waals surface area contributed by atoms with Gasteiger partial charge in [-0.05, 0) is 35.4 Å². The summed E-state index contributed by atoms with van der Waals surface area (Å²) in [5, 5.41) is 16.0. The number of ether oxygens (including phenoxy) is 1. The zero-order chi connectivity index (χ0) is 10.1. The molecule has 0 spiro atoms. The minimum atomic E-state index is 0.106. The van der Waals surface area contributed by atoms with Gasteiger partial charge in [0.15, 0.2) is 0 Å². The number of nitrogens with one attached hydrogen (secondary N) is 1. The van der Waals surface area contributed by atoms with E-state index in [1.54, 1.807) is 11.3 Å². The van der Waals surface area contributed by atoms with Gasteiger partial charge in [0.2, 0.25) is 0 Å². The monoisotopic (exact) mass is 215 g/mol. The lowest BCUT2D eigenvalue weighted by molar-refractivity contribution is 0.0940. The van der Waals surface area contributed by atoms with E-state index in [9.17, 15) is 0 Å². The predicted molar refractivity (Wildman–Crippen MR) is 58.8 cm³/mol. The van der Waals surface area contributed by atoms with Crippen LogP contribution in [0.3, 0.4) is 0 Å². The van der Waals surface area contributed by atoms with Gasteiger partial charge >= 0.3 is 0 Å². The van der Waals surface area contributed by atoms with Crippen molar-refractivity contribution in [3.63, 3.8) is 0 Å². The standard InChI is InChI=1S/C10H17NO2S/c12-5-7-13-6-4-11-3-1-10-2-8-14-9-10/h2,8-9,11-12H,1,3-7H2. The number of hydrogen-bond acceptors (Lipinski definition) is 4. The first-order valence-corrected chi connectivity index (χ1v) is 5.78. The molecule has 0 bridgehead atoms. The molecular weight excluding hydrogens is 198 g/mol. The Hall–Kier alpha value is -0.420. The highest BCUT2D eigenvalue weighted by Crippen LogP contribution is 2.05. The molecule has 0 aliphatic heterocycles. The molecule has 0 aromatic carbocycles. The maximum atomic E-state index is 8.45. The second-order valence-electron chi connectivity index (χ2n) is 2.97. The summed E-state index contributed by atoms with van der Waals surface area (Å²) in [4.78, 5) is 0. The van der Waals surface area contributed by atoms with Crippen molar-refractivity contribution < 1.29 is 9.84 Å². The van der Waals surface area contributed by atoms with Gasteiger partial charge in [-0.3, -0.25) is 0 Å². The van der Waals surface area contributed by atoms with Crippen molar-refractivity contribution in [2.75, 3.05) is 32.9 Å². The molecule has 0 radical (unpaired) electrons. The summed E-state index contributed by atoms with van der Waals surface area (Å²) < 4.78 is 5.11. The van der Waals surface area contributed by atoms with Crippen LogP contribution in [0.1, 0.15) is 5.56 Å². The van der Waals surface area contributed by atoms with Crippen molar-refractivity contribution in [2.24, 2.45) is 0 Å². The van der Waals surface area contributed by atoms with Crippen molar-refractivity contribution >= 4 is 11.3 Å². The van der Waals surface area contributed by atoms with E-state index in [-0.39, 0.29) is 6.61 Å². The molecule has 1 aromatic heterocycles. The molecule has 4 heteroatoms. The molecule has 0 aliphatic carbocycles. The summed E-state index contributed by atoms with van der Waals surface area (Å²) in [6.45, 7) is 3.05. The van der Waals surface area contributed by atoms with Crippen LogP contribution in [-0.4, -0.2) is 38.0 Å². The average molecular weight is 215 g/mol. The molecular formula is C10H17NO2S. The lowest BCUT2D eigenvalue weighted by atomic mass is 10.2. The molecule has 0 aliphatic rings. The molecule has 0 unspecified atom stereocenters. The molecule has 2 N–H and O–H groups in total. The van der Waals surface area contributed by atoms with Crippen molar-refractivity contribution in [2.45, 2.75) is 6.42 Å². The molecule has 3 nitrogen and oxygen atoms in total. The van der Waals surface area contributed by atoms with Gasteiger partial charge in [-0.15, -0.1) is 0 Å². The number of rotatable bonds is 8. The van der Waals surface area contributed by atoms with E-state index in [4.69, 9.17) is 9.84 Å². The first-order valence-electron chi connectivity index (χ1n) is 4.84. The fourth-order valence-electron chi connectivity index (χ4n) is 1.10. The van der Waals surface area contributed by atoms with Crippen LogP contribution in [0.25, 0.3) is 0 Å². The third-order valence-electron chi connectivity index (χ3n) is 1.83. The van der Waals surface area contributed by atoms with Gasteiger partial charge in [0, 0.05) is 6.54 Å². The Labute approximate surface area is 88.7 Å². The van der Waals surface area contributed by atoms with Crippen LogP contribution in [0.2, 0.25) is 0 Å². The highest BCUT2D eigenvalue weighted by Gasteiger charge is 1.92. The van der Waals surface area contributed by atoms with E-state index in [0.29, 0.717) is 13.2 Å². The van der Waals surface area contributed by atoms with Gasteiger partial charge < -0.3 is 15.2 Å². The number of thiophene rings is 1. The fraction of sp³-hybridized carbons (Fsp3) is 0.600. The predicted octanol–water partition coefficient (Wildman–Crippen LogP) is 0.889. The Kier molecular flexibility index (Phi) is 6.61. The van der Waals surface area contributed by atoms with Gasteiger partial charge in [-0.1, -0.05) is 0 Å². The van der Waals surface area contributed by atoms with Gasteiger partial charge in [-0.2, -0.15) is 11.3 Å². The largest absolute Gasteiger partial charge is 0.394 e. The van der Waals surface area contributed by atoms with Gasteiger partial charge in [0.1, 0.15) is 0 Å². The topological polar surface area (TPSA) is 41.5 Å². The zero-order valence-corrected chi connectivity index (χ0v) is 9.05. The molecule has 0 fully saturated rings. The summed E-state index contributed by atoms with van der Waals surface area (Å²) in [5.74, 6) is 0. The molecule has 80 valence electrons. The highest BCUT2D eigenvalue weighted by atomic mass is 32.1. The minimum absolute atomic E-state index is 0.106. The Bertz CT molecular complexity index is 214. The average Bonchev–Trinajstić information content (AvgIpc) is 2.69. The van der Waals surface area contributed by atoms with Crippen LogP contribution < -0.4 is 5.32 Å². The first kappa shape index (κ1) is 11.7. The maximum Gasteiger partial charge on any atom is 0.0698 e. The Morgan fingerprint density at radius 1 is 1.36 bits per heavy atom. The van der Waals surface area contributed by atoms with E-state index in [2.05, 4.69) is 22.1 Å². The van der Waals surface area contributed by atoms with Crippen LogP contribution in [0.15, 0.2) is 16.8 Å². The van der Waals surface area contributed by atoms with E-state index < -0.39 is 0 Å². The van der Waals surface area contributed by atoms with Crippen LogP contribution in [0.4, 0.5) is 0 Å². The summed E-state index contributed by atoms with van der Waals surface area (Å²) in [5.41, 5.74) is 1.39. The molecule has 1 aromatic rings. The third kappa shape index (κ3) is 5.34. The summed E-state index contributed by atoms with van der Waals surface area (Å²) in [7, 11) is 0. The zero-order valence-electron chi connectivity index (χ0n) is 8.24. The molecule has 0 saturated heterocycles. The first-order chi connectivity index (χ1) is 6.93. The lowest BCUT2D eigenvalue weighted by Crippen LogP contribution is -2.22. The van der Waals surface area contributed by atoms with E-state index in [1.807, 2.05) is 0 Å². The van der Waals surface area contributed by atoms with Crippen molar-refractivity contribution in [1.29, 1.82) is 0 Å². The Morgan fingerprint density at radius 2 is 2.29 bits per heavy atom. The van der Waals surface area contributed by atoms with Crippen LogP contribution >= 0.6 is 11.3 Å². The number of aliphatic hydroxyl groups is 1. The van der Waals surface area contributed by atoms with Crippen LogP contribution in [-0.2, 0) is 11.2 Å². The third-order valence-corrected chi connectivity index (χ3v) is 2.56. The van der Waals surface area contributed by atoms with Crippen molar-refractivity contribution in [3.8, 4) is 0 Å². The Morgan fingerprint density at radius 3 is 3.00 bits per heavy atom. The minimum Gasteiger partial charge on any atom is -0.394 e. The smallest absolute Gasteiger partial charge is 0.0698 e. The van der Waals surface area contributed by atoms with Crippen molar-refractivity contribution in [1.82, 2.24) is 5.32 Å². The summed E-state index contributed by atoms with van der Waals surface area (Å²) in [6.07, 6.45) is 1.07. The number of hydrogen-bond donors (Lipinski definition) is 2. The molecule has 0 atom stereocenters. The molecule has 1 rings (SSSR count). The second kappa shape index (κ2) is 7.94. The second-order valence-corrected chi connectivity index (χ2v) is 3.75. The van der Waals surface area contributed by atoms with Crippen LogP contribution in [0, 0.1) is 0 Å². The van der Waals surface area contributed by atoms with Crippen LogP contribution in [0.5, 0.6) is 0 Å². The maximum absolute atomic E-state index is 8.45. The Balaban J connectivity index is 1.85. The van der Waals surface area contributed by atoms with Crippen molar-refractivity contribution in [3.05, 3.63) is 22.4 Å². The molecule has 0 amide bonds. The molecule has 14 heavy (non-hydrogen) atoms. The molecule has 1 heterocycles. The summed E-state index contributed by atoms with van der Waals surface area (Å²) >= 11 is 1.73. The highest BCUT2D eigenvalue weighted by molar-refractivity contribution is 7.07. The van der Waals surface area contributed by atoms with E-state index in [0.717, 1.165) is 19.5 Å². The normalized spacial score (nSPS) is 10.6. The quantitative estimate of drug-likeness (QED) is 0.633. The van der Waals surface area contributed by atoms with E-state index in [1.165, 1.54) is 5.56 Å². The van der Waals surface area contributed by atoms with Gasteiger partial charge in [-0.25, -0.2) is 0 Å². The SMILES string of the molecule is OCCOCCNCCc1ccsc1. The lowest BCUT2D eigenvalue weighted by Gasteiger charge is -2.04. The summed E-state index contributed by atoms with van der Waals surface area (Å²) in [6, 6.07) is 2.15. The number of aliphatic hydroxyl groups excluding tert-OH is 1. The van der Waals surface area contributed by atoms with Gasteiger partial charge in [0.25, 0.3) is 0 Å².